The van der Waals surface area contributed by atoms with Crippen LogP contribution in [-0.2, 0) is 10.0 Å². The van der Waals surface area contributed by atoms with E-state index in [0.717, 1.165) is 17.7 Å². The molecule has 0 saturated heterocycles. The Bertz CT molecular complexity index is 1700. The van der Waals surface area contributed by atoms with Crippen LogP contribution in [0.1, 0.15) is 10.5 Å². The summed E-state index contributed by atoms with van der Waals surface area (Å²) in [6.07, 6.45) is 3.23. The summed E-state index contributed by atoms with van der Waals surface area (Å²) in [6, 6.07) is 12.0. The number of pyridine rings is 1. The summed E-state index contributed by atoms with van der Waals surface area (Å²) in [5, 5.41) is 6.19. The number of carbonyl (C=O) groups is 1. The number of aromatic nitrogens is 3. The number of nitrogens with one attached hydrogen (secondary N) is 1. The standard InChI is InChI=1S/C23H15F2N5O3S2/c24-15-4-5-17(25)19(11-15)35(32,33)29-16-3-1-2-14(10-16)21-20(13-6-8-27-9-7-13)23-30(28-21)18(12-34-23)22(26)31/h1-12,29H,(H2,26,31). The van der Waals surface area contributed by atoms with E-state index in [1.54, 1.807) is 42.0 Å². The molecule has 35 heavy (non-hydrogen) atoms. The predicted octanol–water partition coefficient (Wildman–Crippen LogP) is 4.30. The second kappa shape index (κ2) is 8.56. The maximum Gasteiger partial charge on any atom is 0.268 e. The quantitative estimate of drug-likeness (QED) is 0.352. The van der Waals surface area contributed by atoms with Crippen molar-refractivity contribution < 1.29 is 22.0 Å². The molecular formula is C23H15F2N5O3S2. The first kappa shape index (κ1) is 22.6. The van der Waals surface area contributed by atoms with Gasteiger partial charge in [-0.2, -0.15) is 5.10 Å². The number of rotatable bonds is 6. The number of primary amides is 1. The number of nitrogens with two attached hydrogens (primary N) is 1. The monoisotopic (exact) mass is 511 g/mol. The molecule has 5 rings (SSSR count). The lowest BCUT2D eigenvalue weighted by molar-refractivity contribution is 0.0994. The summed E-state index contributed by atoms with van der Waals surface area (Å²) < 4.78 is 56.9. The van der Waals surface area contributed by atoms with Gasteiger partial charge in [-0.25, -0.2) is 21.7 Å². The van der Waals surface area contributed by atoms with Crippen LogP contribution in [0, 0.1) is 11.6 Å². The molecule has 0 aliphatic heterocycles. The molecule has 1 amide bonds. The van der Waals surface area contributed by atoms with Crippen molar-refractivity contribution in [2.75, 3.05) is 4.72 Å². The van der Waals surface area contributed by atoms with Gasteiger partial charge in [-0.1, -0.05) is 12.1 Å². The number of hydrogen-bond donors (Lipinski definition) is 2. The molecule has 0 fully saturated rings. The van der Waals surface area contributed by atoms with Crippen LogP contribution in [0.15, 0.2) is 77.3 Å². The van der Waals surface area contributed by atoms with Crippen molar-refractivity contribution in [3.8, 4) is 22.4 Å². The molecule has 3 aromatic heterocycles. The van der Waals surface area contributed by atoms with Crippen LogP contribution in [0.3, 0.4) is 0 Å². The van der Waals surface area contributed by atoms with Crippen LogP contribution in [0.2, 0.25) is 0 Å². The van der Waals surface area contributed by atoms with Crippen molar-refractivity contribution in [2.45, 2.75) is 4.90 Å². The largest absolute Gasteiger partial charge is 0.364 e. The summed E-state index contributed by atoms with van der Waals surface area (Å²) in [5.74, 6) is -2.61. The molecule has 0 saturated carbocycles. The Labute approximate surface area is 201 Å². The predicted molar refractivity (Wildman–Crippen MR) is 127 cm³/mol. The Morgan fingerprint density at radius 2 is 1.80 bits per heavy atom. The van der Waals surface area contributed by atoms with Gasteiger partial charge in [0.25, 0.3) is 15.9 Å². The van der Waals surface area contributed by atoms with Crippen LogP contribution in [-0.4, -0.2) is 28.9 Å². The topological polar surface area (TPSA) is 119 Å². The van der Waals surface area contributed by atoms with Gasteiger partial charge >= 0.3 is 0 Å². The molecule has 0 spiro atoms. The molecule has 0 unspecified atom stereocenters. The number of nitrogens with zero attached hydrogens (tertiary/aromatic N) is 3. The highest BCUT2D eigenvalue weighted by atomic mass is 32.2. The Hall–Kier alpha value is -4.16. The van der Waals surface area contributed by atoms with Gasteiger partial charge in [0, 0.05) is 34.6 Å². The lowest BCUT2D eigenvalue weighted by Gasteiger charge is -2.10. The van der Waals surface area contributed by atoms with E-state index < -0.39 is 32.5 Å². The van der Waals surface area contributed by atoms with Gasteiger partial charge in [0.15, 0.2) is 0 Å². The number of fused-ring (bicyclic) bond motifs is 1. The lowest BCUT2D eigenvalue weighted by Crippen LogP contribution is -2.15. The Kier molecular flexibility index (Phi) is 5.53. The Morgan fingerprint density at radius 1 is 1.03 bits per heavy atom. The zero-order valence-corrected chi connectivity index (χ0v) is 19.3. The highest BCUT2D eigenvalue weighted by molar-refractivity contribution is 7.92. The molecule has 0 bridgehead atoms. The summed E-state index contributed by atoms with van der Waals surface area (Å²) in [4.78, 5) is 15.8. The van der Waals surface area contributed by atoms with Crippen LogP contribution >= 0.6 is 11.3 Å². The zero-order valence-electron chi connectivity index (χ0n) is 17.6. The van der Waals surface area contributed by atoms with E-state index in [1.165, 1.54) is 28.0 Å². The lowest BCUT2D eigenvalue weighted by atomic mass is 10.0. The van der Waals surface area contributed by atoms with Crippen LogP contribution < -0.4 is 10.5 Å². The minimum atomic E-state index is -4.42. The average molecular weight is 512 g/mol. The number of amides is 1. The molecule has 2 aromatic carbocycles. The van der Waals surface area contributed by atoms with E-state index >= 15 is 0 Å². The molecule has 8 nitrogen and oxygen atoms in total. The minimum Gasteiger partial charge on any atom is -0.364 e. The smallest absolute Gasteiger partial charge is 0.268 e. The molecule has 3 N–H and O–H groups in total. The number of halogens is 2. The number of hydrogen-bond acceptors (Lipinski definition) is 6. The highest BCUT2D eigenvalue weighted by Gasteiger charge is 2.23. The highest BCUT2D eigenvalue weighted by Crippen LogP contribution is 2.38. The van der Waals surface area contributed by atoms with E-state index in [0.29, 0.717) is 27.7 Å². The molecule has 5 aromatic rings. The van der Waals surface area contributed by atoms with Gasteiger partial charge in [0.1, 0.15) is 32.7 Å². The number of anilines is 1. The van der Waals surface area contributed by atoms with Crippen molar-refractivity contribution in [2.24, 2.45) is 5.73 Å². The van der Waals surface area contributed by atoms with Crippen molar-refractivity contribution in [1.29, 1.82) is 0 Å². The molecule has 0 aliphatic carbocycles. The molecule has 12 heteroatoms. The van der Waals surface area contributed by atoms with Crippen molar-refractivity contribution in [3.63, 3.8) is 0 Å². The molecule has 3 heterocycles. The maximum atomic E-state index is 14.1. The van der Waals surface area contributed by atoms with Gasteiger partial charge < -0.3 is 5.73 Å². The third kappa shape index (κ3) is 4.13. The number of sulfonamides is 1. The second-order valence-corrected chi connectivity index (χ2v) is 9.93. The number of thiazole rings is 1. The van der Waals surface area contributed by atoms with Gasteiger partial charge in [-0.15, -0.1) is 11.3 Å². The van der Waals surface area contributed by atoms with Crippen LogP contribution in [0.5, 0.6) is 0 Å². The summed E-state index contributed by atoms with van der Waals surface area (Å²) in [5.41, 5.74) is 8.25. The SMILES string of the molecule is NC(=O)c1csc2c(-c3ccncc3)c(-c3cccc(NS(=O)(=O)c4cc(F)ccc4F)c3)nn12. The van der Waals surface area contributed by atoms with Gasteiger partial charge in [0.05, 0.1) is 0 Å². The second-order valence-electron chi connectivity index (χ2n) is 7.42. The Morgan fingerprint density at radius 3 is 2.54 bits per heavy atom. The van der Waals surface area contributed by atoms with E-state index in [4.69, 9.17) is 5.73 Å². The first-order valence-electron chi connectivity index (χ1n) is 10.0. The summed E-state index contributed by atoms with van der Waals surface area (Å²) in [6.45, 7) is 0. The summed E-state index contributed by atoms with van der Waals surface area (Å²) >= 11 is 1.28. The van der Waals surface area contributed by atoms with Crippen LogP contribution in [0.25, 0.3) is 27.2 Å². The van der Waals surface area contributed by atoms with E-state index in [9.17, 15) is 22.0 Å². The summed E-state index contributed by atoms with van der Waals surface area (Å²) in [7, 11) is -4.42. The molecule has 0 radical (unpaired) electrons. The van der Waals surface area contributed by atoms with Crippen molar-refractivity contribution >= 4 is 37.8 Å². The fourth-order valence-corrected chi connectivity index (χ4v) is 5.75. The van der Waals surface area contributed by atoms with E-state index in [-0.39, 0.29) is 11.4 Å². The number of benzene rings is 2. The van der Waals surface area contributed by atoms with Gasteiger partial charge in [-0.3, -0.25) is 14.5 Å². The molecular weight excluding hydrogens is 496 g/mol. The molecule has 0 aliphatic rings. The molecule has 0 atom stereocenters. The first-order valence-corrected chi connectivity index (χ1v) is 12.4. The van der Waals surface area contributed by atoms with Crippen molar-refractivity contribution in [1.82, 2.24) is 14.6 Å². The maximum absolute atomic E-state index is 14.1. The minimum absolute atomic E-state index is 0.110. The first-order chi connectivity index (χ1) is 16.7. The normalized spacial score (nSPS) is 11.6. The van der Waals surface area contributed by atoms with Crippen molar-refractivity contribution in [3.05, 3.63) is 89.7 Å². The average Bonchev–Trinajstić information content (AvgIpc) is 3.40. The zero-order chi connectivity index (χ0) is 24.7. The fourth-order valence-electron chi connectivity index (χ4n) is 3.60. The third-order valence-electron chi connectivity index (χ3n) is 5.15. The van der Waals surface area contributed by atoms with E-state index in [1.807, 2.05) is 0 Å². The van der Waals surface area contributed by atoms with E-state index in [2.05, 4.69) is 14.8 Å². The fraction of sp³-hybridized carbons (Fsp3) is 0. The van der Waals surface area contributed by atoms with Gasteiger partial charge in [0.2, 0.25) is 0 Å². The van der Waals surface area contributed by atoms with Crippen LogP contribution in [0.4, 0.5) is 14.5 Å². The Balaban J connectivity index is 1.63. The molecule has 176 valence electrons. The van der Waals surface area contributed by atoms with Gasteiger partial charge in [-0.05, 0) is 48.0 Å². The third-order valence-corrected chi connectivity index (χ3v) is 7.48. The number of carbonyl (C=O) groups excluding carboxylic acids is 1.